The Labute approximate surface area is 152 Å². The zero-order valence-electron chi connectivity index (χ0n) is 14.8. The molecule has 1 unspecified atom stereocenters. The molecule has 26 heavy (non-hydrogen) atoms. The molecule has 2 aromatic carbocycles. The Hall–Kier alpha value is -3.02. The lowest BCUT2D eigenvalue weighted by Gasteiger charge is -2.26. The summed E-state index contributed by atoms with van der Waals surface area (Å²) in [6, 6.07) is 11.7. The lowest BCUT2D eigenvalue weighted by atomic mass is 10.0. The van der Waals surface area contributed by atoms with Crippen LogP contribution in [0, 0.1) is 0 Å². The summed E-state index contributed by atoms with van der Waals surface area (Å²) in [5, 5.41) is 8.99. The van der Waals surface area contributed by atoms with Crippen molar-refractivity contribution < 1.29 is 24.2 Å². The quantitative estimate of drug-likeness (QED) is 0.890. The summed E-state index contributed by atoms with van der Waals surface area (Å²) >= 11 is 0. The summed E-state index contributed by atoms with van der Waals surface area (Å²) in [5.41, 5.74) is 1.65. The van der Waals surface area contributed by atoms with Gasteiger partial charge >= 0.3 is 5.97 Å². The Kier molecular flexibility index (Phi) is 5.11. The van der Waals surface area contributed by atoms with Gasteiger partial charge in [-0.15, -0.1) is 0 Å². The lowest BCUT2D eigenvalue weighted by molar-refractivity contribution is 0.0692. The fourth-order valence-corrected chi connectivity index (χ4v) is 3.34. The molecule has 3 rings (SSSR count). The van der Waals surface area contributed by atoms with E-state index in [4.69, 9.17) is 14.6 Å². The number of hydrogen-bond acceptors (Lipinski definition) is 4. The number of carbonyl (C=O) groups excluding carboxylic acids is 1. The standard InChI is InChI=1S/C20H21NO5/c1-25-17-10-9-15(12-18(17)26-2)16-4-3-11-21(16)19(22)13-5-7-14(8-6-13)20(23)24/h5-10,12,16H,3-4,11H2,1-2H3,(H,23,24). The van der Waals surface area contributed by atoms with Crippen LogP contribution in [0.25, 0.3) is 0 Å². The first-order valence-electron chi connectivity index (χ1n) is 8.41. The number of hydrogen-bond donors (Lipinski definition) is 1. The largest absolute Gasteiger partial charge is 0.493 e. The molecule has 0 radical (unpaired) electrons. The molecule has 0 bridgehead atoms. The van der Waals surface area contributed by atoms with Crippen molar-refractivity contribution in [2.45, 2.75) is 18.9 Å². The lowest BCUT2D eigenvalue weighted by Crippen LogP contribution is -2.30. The molecule has 1 aliphatic heterocycles. The number of nitrogens with zero attached hydrogens (tertiary/aromatic N) is 1. The van der Waals surface area contributed by atoms with E-state index in [1.807, 2.05) is 23.1 Å². The SMILES string of the molecule is COc1ccc(C2CCCN2C(=O)c2ccc(C(=O)O)cc2)cc1OC. The first kappa shape index (κ1) is 17.8. The van der Waals surface area contributed by atoms with Gasteiger partial charge in [-0.25, -0.2) is 4.79 Å². The Morgan fingerprint density at radius 1 is 1.00 bits per heavy atom. The van der Waals surface area contributed by atoms with Gasteiger partial charge in [0.1, 0.15) is 0 Å². The molecule has 0 spiro atoms. The highest BCUT2D eigenvalue weighted by atomic mass is 16.5. The molecular weight excluding hydrogens is 334 g/mol. The van der Waals surface area contributed by atoms with Gasteiger partial charge in [-0.3, -0.25) is 4.79 Å². The van der Waals surface area contributed by atoms with E-state index in [9.17, 15) is 9.59 Å². The molecule has 1 amide bonds. The predicted molar refractivity (Wildman–Crippen MR) is 96.0 cm³/mol. The van der Waals surface area contributed by atoms with E-state index in [-0.39, 0.29) is 17.5 Å². The second kappa shape index (κ2) is 7.47. The molecule has 6 nitrogen and oxygen atoms in total. The molecule has 1 N–H and O–H groups in total. The number of carboxylic acid groups (broad SMARTS) is 1. The van der Waals surface area contributed by atoms with Crippen LogP contribution in [-0.2, 0) is 0 Å². The van der Waals surface area contributed by atoms with E-state index in [0.717, 1.165) is 18.4 Å². The van der Waals surface area contributed by atoms with Gasteiger partial charge in [0.15, 0.2) is 11.5 Å². The summed E-state index contributed by atoms with van der Waals surface area (Å²) in [6.45, 7) is 0.665. The Morgan fingerprint density at radius 3 is 2.27 bits per heavy atom. The van der Waals surface area contributed by atoms with Crippen LogP contribution >= 0.6 is 0 Å². The average molecular weight is 355 g/mol. The molecule has 1 fully saturated rings. The number of amides is 1. The number of ether oxygens (including phenoxy) is 2. The zero-order chi connectivity index (χ0) is 18.7. The van der Waals surface area contributed by atoms with Crippen LogP contribution in [0.3, 0.4) is 0 Å². The highest BCUT2D eigenvalue weighted by Gasteiger charge is 2.31. The van der Waals surface area contributed by atoms with Gasteiger partial charge in [-0.2, -0.15) is 0 Å². The van der Waals surface area contributed by atoms with Crippen molar-refractivity contribution >= 4 is 11.9 Å². The number of rotatable bonds is 5. The maximum atomic E-state index is 12.9. The molecule has 2 aromatic rings. The van der Waals surface area contributed by atoms with Crippen molar-refractivity contribution in [1.82, 2.24) is 4.90 Å². The van der Waals surface area contributed by atoms with Gasteiger partial charge in [0.25, 0.3) is 5.91 Å². The van der Waals surface area contributed by atoms with Crippen LogP contribution in [0.15, 0.2) is 42.5 Å². The predicted octanol–water partition coefficient (Wildman–Crippen LogP) is 3.38. The number of benzene rings is 2. The summed E-state index contributed by atoms with van der Waals surface area (Å²) in [4.78, 5) is 25.7. The fourth-order valence-electron chi connectivity index (χ4n) is 3.34. The second-order valence-corrected chi connectivity index (χ2v) is 6.15. The Balaban J connectivity index is 1.85. The van der Waals surface area contributed by atoms with Gasteiger partial charge in [0.2, 0.25) is 0 Å². The monoisotopic (exact) mass is 355 g/mol. The third kappa shape index (κ3) is 3.35. The van der Waals surface area contributed by atoms with Crippen LogP contribution in [0.2, 0.25) is 0 Å². The van der Waals surface area contributed by atoms with Gasteiger partial charge in [-0.1, -0.05) is 6.07 Å². The van der Waals surface area contributed by atoms with Crippen molar-refractivity contribution in [2.75, 3.05) is 20.8 Å². The van der Waals surface area contributed by atoms with Crippen molar-refractivity contribution in [3.05, 3.63) is 59.2 Å². The maximum absolute atomic E-state index is 12.9. The van der Waals surface area contributed by atoms with E-state index in [2.05, 4.69) is 0 Å². The van der Waals surface area contributed by atoms with E-state index < -0.39 is 5.97 Å². The molecule has 1 atom stereocenters. The van der Waals surface area contributed by atoms with E-state index in [0.29, 0.717) is 23.6 Å². The first-order valence-corrected chi connectivity index (χ1v) is 8.41. The Morgan fingerprint density at radius 2 is 1.65 bits per heavy atom. The first-order chi connectivity index (χ1) is 12.5. The van der Waals surface area contributed by atoms with Gasteiger partial charge in [0, 0.05) is 12.1 Å². The minimum Gasteiger partial charge on any atom is -0.493 e. The number of carboxylic acids is 1. The third-order valence-corrected chi connectivity index (χ3v) is 4.68. The number of aromatic carboxylic acids is 1. The highest BCUT2D eigenvalue weighted by Crippen LogP contribution is 2.37. The minimum absolute atomic E-state index is 0.0403. The van der Waals surface area contributed by atoms with Crippen LogP contribution in [0.1, 0.15) is 45.2 Å². The molecule has 1 saturated heterocycles. The van der Waals surface area contributed by atoms with Crippen LogP contribution in [0.5, 0.6) is 11.5 Å². The minimum atomic E-state index is -1.01. The molecule has 0 saturated carbocycles. The average Bonchev–Trinajstić information content (AvgIpc) is 3.16. The molecule has 0 aromatic heterocycles. The number of carbonyl (C=O) groups is 2. The molecule has 136 valence electrons. The number of likely N-dealkylation sites (tertiary alicyclic amines) is 1. The van der Waals surface area contributed by atoms with Gasteiger partial charge in [0.05, 0.1) is 25.8 Å². The summed E-state index contributed by atoms with van der Waals surface area (Å²) in [7, 11) is 3.17. The molecule has 1 aliphatic rings. The summed E-state index contributed by atoms with van der Waals surface area (Å²) in [5.74, 6) is 0.180. The summed E-state index contributed by atoms with van der Waals surface area (Å²) < 4.78 is 10.6. The van der Waals surface area contributed by atoms with Crippen LogP contribution in [0.4, 0.5) is 0 Å². The van der Waals surface area contributed by atoms with Crippen molar-refractivity contribution in [1.29, 1.82) is 0 Å². The van der Waals surface area contributed by atoms with Crippen molar-refractivity contribution in [2.24, 2.45) is 0 Å². The Bertz CT molecular complexity index is 815. The van der Waals surface area contributed by atoms with Crippen molar-refractivity contribution in [3.63, 3.8) is 0 Å². The normalized spacial score (nSPS) is 16.4. The molecule has 0 aliphatic carbocycles. The van der Waals surface area contributed by atoms with Gasteiger partial charge < -0.3 is 19.5 Å². The van der Waals surface area contributed by atoms with E-state index >= 15 is 0 Å². The molecular formula is C20H21NO5. The topological polar surface area (TPSA) is 76.1 Å². The van der Waals surface area contributed by atoms with Crippen molar-refractivity contribution in [3.8, 4) is 11.5 Å². The third-order valence-electron chi connectivity index (χ3n) is 4.68. The van der Waals surface area contributed by atoms with Crippen LogP contribution < -0.4 is 9.47 Å². The zero-order valence-corrected chi connectivity index (χ0v) is 14.8. The molecule has 1 heterocycles. The van der Waals surface area contributed by atoms with Crippen LogP contribution in [-0.4, -0.2) is 42.6 Å². The van der Waals surface area contributed by atoms with E-state index in [1.165, 1.54) is 12.1 Å². The van der Waals surface area contributed by atoms with E-state index in [1.54, 1.807) is 26.4 Å². The smallest absolute Gasteiger partial charge is 0.335 e. The maximum Gasteiger partial charge on any atom is 0.335 e. The number of methoxy groups -OCH3 is 2. The highest BCUT2D eigenvalue weighted by molar-refractivity contribution is 5.96. The van der Waals surface area contributed by atoms with Gasteiger partial charge in [-0.05, 0) is 54.8 Å². The fraction of sp³-hybridized carbons (Fsp3) is 0.300. The summed E-state index contributed by atoms with van der Waals surface area (Å²) in [6.07, 6.45) is 1.78. The molecule has 6 heteroatoms. The second-order valence-electron chi connectivity index (χ2n) is 6.15.